The fraction of sp³-hybridized carbons (Fsp3) is 0.417. The number of ether oxygens (including phenoxy) is 1. The van der Waals surface area contributed by atoms with Crippen LogP contribution in [0, 0.1) is 0 Å². The van der Waals surface area contributed by atoms with Gasteiger partial charge in [0.2, 0.25) is 5.91 Å². The lowest BCUT2D eigenvalue weighted by Crippen LogP contribution is -2.40. The first kappa shape index (κ1) is 13.3. The molecule has 1 unspecified atom stereocenters. The van der Waals surface area contributed by atoms with E-state index in [4.69, 9.17) is 4.74 Å². The molecule has 5 nitrogen and oxygen atoms in total. The fourth-order valence-electron chi connectivity index (χ4n) is 1.41. The Hall–Kier alpha value is -1.75. The molecule has 3 N–H and O–H groups in total. The second kappa shape index (κ2) is 6.10. The summed E-state index contributed by atoms with van der Waals surface area (Å²) in [6, 6.07) is 4.82. The highest BCUT2D eigenvalue weighted by Gasteiger charge is 2.10. The van der Waals surface area contributed by atoms with Crippen LogP contribution in [0.25, 0.3) is 0 Å². The van der Waals surface area contributed by atoms with E-state index in [9.17, 15) is 9.90 Å². The van der Waals surface area contributed by atoms with Gasteiger partial charge < -0.3 is 20.5 Å². The third-order valence-corrected chi connectivity index (χ3v) is 2.50. The first-order valence-electron chi connectivity index (χ1n) is 5.39. The number of carbonyl (C=O) groups is 1. The Bertz CT molecular complexity index is 393. The molecule has 1 rings (SSSR count). The summed E-state index contributed by atoms with van der Waals surface area (Å²) in [6.07, 6.45) is 0. The molecule has 0 aliphatic heterocycles. The first-order chi connectivity index (χ1) is 8.08. The fourth-order valence-corrected chi connectivity index (χ4v) is 1.41. The van der Waals surface area contributed by atoms with E-state index in [0.717, 1.165) is 5.56 Å². The predicted molar refractivity (Wildman–Crippen MR) is 65.0 cm³/mol. The number of hydrogen-bond donors (Lipinski definition) is 3. The van der Waals surface area contributed by atoms with Crippen LogP contribution in [-0.2, 0) is 11.3 Å². The molecule has 94 valence electrons. The highest BCUT2D eigenvalue weighted by Crippen LogP contribution is 2.26. The number of phenolic OH excluding ortho intramolecular Hbond substituents is 1. The summed E-state index contributed by atoms with van der Waals surface area (Å²) in [6.45, 7) is 2.32. The van der Waals surface area contributed by atoms with Crippen molar-refractivity contribution in [2.24, 2.45) is 0 Å². The molecule has 0 heterocycles. The molecule has 1 amide bonds. The molecule has 0 bridgehead atoms. The lowest BCUT2D eigenvalue weighted by atomic mass is 10.2. The minimum absolute atomic E-state index is 0.0595. The van der Waals surface area contributed by atoms with Gasteiger partial charge in [0.05, 0.1) is 13.2 Å². The van der Waals surface area contributed by atoms with Crippen molar-refractivity contribution in [1.82, 2.24) is 10.6 Å². The number of aromatic hydroxyl groups is 1. The highest BCUT2D eigenvalue weighted by atomic mass is 16.5. The topological polar surface area (TPSA) is 70.6 Å². The van der Waals surface area contributed by atoms with Gasteiger partial charge in [-0.2, -0.15) is 0 Å². The van der Waals surface area contributed by atoms with Crippen LogP contribution in [0.5, 0.6) is 11.5 Å². The van der Waals surface area contributed by atoms with Crippen molar-refractivity contribution in [2.75, 3.05) is 14.2 Å². The maximum Gasteiger partial charge on any atom is 0.236 e. The van der Waals surface area contributed by atoms with Crippen LogP contribution in [0.2, 0.25) is 0 Å². The van der Waals surface area contributed by atoms with Crippen molar-refractivity contribution >= 4 is 5.91 Å². The van der Waals surface area contributed by atoms with Crippen molar-refractivity contribution in [3.8, 4) is 11.5 Å². The molecular formula is C12H18N2O3. The standard InChI is InChI=1S/C12H18N2O3/c1-8(12(16)13-2)14-7-9-4-5-10(15)11(6-9)17-3/h4-6,8,14-15H,7H2,1-3H3,(H,13,16). The van der Waals surface area contributed by atoms with E-state index in [1.807, 2.05) is 0 Å². The number of phenols is 1. The van der Waals surface area contributed by atoms with E-state index < -0.39 is 0 Å². The molecule has 0 aliphatic carbocycles. The Morgan fingerprint density at radius 1 is 1.53 bits per heavy atom. The van der Waals surface area contributed by atoms with Gasteiger partial charge in [0.1, 0.15) is 0 Å². The molecule has 0 aromatic heterocycles. The van der Waals surface area contributed by atoms with E-state index in [0.29, 0.717) is 12.3 Å². The van der Waals surface area contributed by atoms with Crippen molar-refractivity contribution < 1.29 is 14.6 Å². The van der Waals surface area contributed by atoms with Crippen LogP contribution in [0.4, 0.5) is 0 Å². The zero-order valence-corrected chi connectivity index (χ0v) is 10.3. The lowest BCUT2D eigenvalue weighted by Gasteiger charge is -2.13. The summed E-state index contributed by atoms with van der Waals surface area (Å²) in [5, 5.41) is 15.1. The van der Waals surface area contributed by atoms with E-state index in [1.165, 1.54) is 7.11 Å². The molecule has 1 aromatic rings. The summed E-state index contributed by atoms with van der Waals surface area (Å²) < 4.78 is 5.00. The number of rotatable bonds is 5. The Kier molecular flexibility index (Phi) is 4.78. The van der Waals surface area contributed by atoms with E-state index in [1.54, 1.807) is 32.2 Å². The third kappa shape index (κ3) is 3.64. The van der Waals surface area contributed by atoms with Crippen LogP contribution in [0.3, 0.4) is 0 Å². The Morgan fingerprint density at radius 3 is 2.82 bits per heavy atom. The Balaban J connectivity index is 2.60. The maximum atomic E-state index is 11.3. The minimum Gasteiger partial charge on any atom is -0.504 e. The average Bonchev–Trinajstić information content (AvgIpc) is 2.36. The van der Waals surface area contributed by atoms with Crippen molar-refractivity contribution in [3.63, 3.8) is 0 Å². The van der Waals surface area contributed by atoms with Gasteiger partial charge in [-0.1, -0.05) is 6.07 Å². The van der Waals surface area contributed by atoms with Crippen LogP contribution >= 0.6 is 0 Å². The van der Waals surface area contributed by atoms with Crippen molar-refractivity contribution in [2.45, 2.75) is 19.5 Å². The molecule has 0 saturated heterocycles. The smallest absolute Gasteiger partial charge is 0.236 e. The summed E-state index contributed by atoms with van der Waals surface area (Å²) in [7, 11) is 3.10. The number of carbonyl (C=O) groups excluding carboxylic acids is 1. The first-order valence-corrected chi connectivity index (χ1v) is 5.39. The normalized spacial score (nSPS) is 11.9. The van der Waals surface area contributed by atoms with E-state index in [2.05, 4.69) is 10.6 Å². The van der Waals surface area contributed by atoms with Crippen molar-refractivity contribution in [3.05, 3.63) is 23.8 Å². The quantitative estimate of drug-likeness (QED) is 0.703. The predicted octanol–water partition coefficient (Wildman–Crippen LogP) is 0.625. The van der Waals surface area contributed by atoms with Crippen molar-refractivity contribution in [1.29, 1.82) is 0 Å². The summed E-state index contributed by atoms with van der Waals surface area (Å²) in [4.78, 5) is 11.3. The van der Waals surface area contributed by atoms with Gasteiger partial charge in [-0.05, 0) is 24.6 Å². The molecule has 1 aromatic carbocycles. The second-order valence-electron chi connectivity index (χ2n) is 3.72. The summed E-state index contributed by atoms with van der Waals surface area (Å²) in [5.41, 5.74) is 0.940. The van der Waals surface area contributed by atoms with Crippen LogP contribution in [-0.4, -0.2) is 31.2 Å². The molecule has 17 heavy (non-hydrogen) atoms. The number of benzene rings is 1. The average molecular weight is 238 g/mol. The second-order valence-corrected chi connectivity index (χ2v) is 3.72. The van der Waals surface area contributed by atoms with Gasteiger partial charge in [0, 0.05) is 13.6 Å². The Morgan fingerprint density at radius 2 is 2.24 bits per heavy atom. The zero-order chi connectivity index (χ0) is 12.8. The van der Waals surface area contributed by atoms with Gasteiger partial charge in [0.15, 0.2) is 11.5 Å². The summed E-state index contributed by atoms with van der Waals surface area (Å²) in [5.74, 6) is 0.475. The van der Waals surface area contributed by atoms with Crippen LogP contribution < -0.4 is 15.4 Å². The van der Waals surface area contributed by atoms with Gasteiger partial charge in [-0.3, -0.25) is 4.79 Å². The van der Waals surface area contributed by atoms with Gasteiger partial charge >= 0.3 is 0 Å². The molecule has 5 heteroatoms. The molecular weight excluding hydrogens is 220 g/mol. The molecule has 0 radical (unpaired) electrons. The molecule has 0 fully saturated rings. The monoisotopic (exact) mass is 238 g/mol. The highest BCUT2D eigenvalue weighted by molar-refractivity contribution is 5.80. The molecule has 0 saturated carbocycles. The third-order valence-electron chi connectivity index (χ3n) is 2.50. The molecule has 1 atom stereocenters. The largest absolute Gasteiger partial charge is 0.504 e. The number of amides is 1. The SMILES string of the molecule is CNC(=O)C(C)NCc1ccc(O)c(OC)c1. The van der Waals surface area contributed by atoms with Gasteiger partial charge in [0.25, 0.3) is 0 Å². The number of hydrogen-bond acceptors (Lipinski definition) is 4. The van der Waals surface area contributed by atoms with E-state index in [-0.39, 0.29) is 17.7 Å². The minimum atomic E-state index is -0.264. The lowest BCUT2D eigenvalue weighted by molar-refractivity contribution is -0.122. The molecule has 0 spiro atoms. The number of methoxy groups -OCH3 is 1. The van der Waals surface area contributed by atoms with Gasteiger partial charge in [-0.25, -0.2) is 0 Å². The number of nitrogens with one attached hydrogen (secondary N) is 2. The number of likely N-dealkylation sites (N-methyl/N-ethyl adjacent to an activating group) is 1. The maximum absolute atomic E-state index is 11.3. The van der Waals surface area contributed by atoms with Crippen LogP contribution in [0.15, 0.2) is 18.2 Å². The molecule has 0 aliphatic rings. The van der Waals surface area contributed by atoms with E-state index >= 15 is 0 Å². The zero-order valence-electron chi connectivity index (χ0n) is 10.3. The summed E-state index contributed by atoms with van der Waals surface area (Å²) >= 11 is 0. The van der Waals surface area contributed by atoms with Gasteiger partial charge in [-0.15, -0.1) is 0 Å². The van der Waals surface area contributed by atoms with Crippen LogP contribution in [0.1, 0.15) is 12.5 Å². The Labute approximate surface area is 101 Å².